The Morgan fingerprint density at radius 1 is 1.12 bits per heavy atom. The van der Waals surface area contributed by atoms with Crippen molar-refractivity contribution >= 4 is 11.5 Å². The molecular weight excluding hydrogens is 396 g/mol. The van der Waals surface area contributed by atoms with Gasteiger partial charge in [0.2, 0.25) is 0 Å². The predicted molar refractivity (Wildman–Crippen MR) is 128 cm³/mol. The molecule has 3 heterocycles. The van der Waals surface area contributed by atoms with E-state index in [2.05, 4.69) is 33.0 Å². The number of piperidine rings is 1. The van der Waals surface area contributed by atoms with Crippen molar-refractivity contribution in [2.75, 3.05) is 6.54 Å². The number of hydrogen-bond acceptors (Lipinski definition) is 4. The zero-order valence-corrected chi connectivity index (χ0v) is 20.6. The van der Waals surface area contributed by atoms with Gasteiger partial charge in [-0.3, -0.25) is 9.79 Å². The van der Waals surface area contributed by atoms with Gasteiger partial charge in [-0.2, -0.15) is 0 Å². The maximum Gasteiger partial charge on any atom is 0.155 e. The molecule has 0 aromatic carbocycles. The second-order valence-corrected chi connectivity index (χ2v) is 12.7. The number of nitrogens with one attached hydrogen (secondary N) is 1. The van der Waals surface area contributed by atoms with E-state index in [1.807, 2.05) is 6.08 Å². The number of fused-ring (bicyclic) bond motifs is 3. The standard InChI is InChI=1S/C28H42N2O2/c1-17-13-23-25(29-16-17)19(3)27(32-23)11-7-20-5-6-24-26(4)10-9-22(31)14-21(26)8-12-28(20,24)30-18(2)15-27/h14,17,19-20,23-25,29H,5-13,15-16H2,1-4H3/t17-,19+,20-,23?,24+,25-,26-,27-,28+/m0/s1. The third-order valence-electron chi connectivity index (χ3n) is 11.0. The van der Waals surface area contributed by atoms with E-state index in [1.165, 1.54) is 43.4 Å². The van der Waals surface area contributed by atoms with Gasteiger partial charge in [0.15, 0.2) is 5.78 Å². The highest BCUT2D eigenvalue weighted by Gasteiger charge is 2.62. The molecule has 0 aromatic heterocycles. The van der Waals surface area contributed by atoms with E-state index < -0.39 is 0 Å². The van der Waals surface area contributed by atoms with Gasteiger partial charge in [-0.1, -0.05) is 26.3 Å². The molecule has 0 amide bonds. The summed E-state index contributed by atoms with van der Waals surface area (Å²) < 4.78 is 6.99. The third kappa shape index (κ3) is 2.94. The summed E-state index contributed by atoms with van der Waals surface area (Å²) in [5, 5.41) is 3.83. The summed E-state index contributed by atoms with van der Waals surface area (Å²) in [6.45, 7) is 10.7. The molecule has 0 aromatic rings. The zero-order valence-electron chi connectivity index (χ0n) is 20.6. The van der Waals surface area contributed by atoms with Gasteiger partial charge in [-0.25, -0.2) is 0 Å². The van der Waals surface area contributed by atoms with Crippen LogP contribution in [0.4, 0.5) is 0 Å². The van der Waals surface area contributed by atoms with E-state index in [0.29, 0.717) is 41.6 Å². The molecule has 32 heavy (non-hydrogen) atoms. The first-order chi connectivity index (χ1) is 15.3. The van der Waals surface area contributed by atoms with Gasteiger partial charge in [0.05, 0.1) is 17.2 Å². The van der Waals surface area contributed by atoms with Crippen LogP contribution in [0.3, 0.4) is 0 Å². The Bertz CT molecular complexity index is 879. The lowest BCUT2D eigenvalue weighted by molar-refractivity contribution is -0.116. The third-order valence-corrected chi connectivity index (χ3v) is 11.0. The van der Waals surface area contributed by atoms with Crippen molar-refractivity contribution in [3.05, 3.63) is 11.6 Å². The first-order valence-electron chi connectivity index (χ1n) is 13.5. The Kier molecular flexibility index (Phi) is 4.88. The molecule has 0 bridgehead atoms. The molecule has 3 aliphatic heterocycles. The van der Waals surface area contributed by atoms with Crippen LogP contribution in [0.2, 0.25) is 0 Å². The summed E-state index contributed by atoms with van der Waals surface area (Å²) in [6, 6.07) is 0.504. The highest BCUT2D eigenvalue weighted by molar-refractivity contribution is 5.91. The maximum atomic E-state index is 12.2. The van der Waals surface area contributed by atoms with Crippen molar-refractivity contribution in [1.29, 1.82) is 0 Å². The number of aliphatic imine (C=N–C) groups is 1. The van der Waals surface area contributed by atoms with E-state index in [9.17, 15) is 4.79 Å². The van der Waals surface area contributed by atoms with Crippen LogP contribution in [0, 0.1) is 29.1 Å². The molecule has 3 aliphatic carbocycles. The number of carbonyl (C=O) groups excluding carboxylic acids is 1. The van der Waals surface area contributed by atoms with Crippen LogP contribution >= 0.6 is 0 Å². The Labute approximate surface area is 194 Å². The second kappa shape index (κ2) is 7.25. The molecule has 6 rings (SSSR count). The Hall–Kier alpha value is -1.00. The first-order valence-corrected chi connectivity index (χ1v) is 13.5. The number of ketones is 1. The molecule has 2 spiro atoms. The van der Waals surface area contributed by atoms with Crippen molar-refractivity contribution in [3.8, 4) is 0 Å². The molecular formula is C28H42N2O2. The first kappa shape index (κ1) is 21.5. The number of nitrogens with zero attached hydrogens (tertiary/aromatic N) is 1. The van der Waals surface area contributed by atoms with Gasteiger partial charge < -0.3 is 10.1 Å². The number of carbonyl (C=O) groups is 1. The second-order valence-electron chi connectivity index (χ2n) is 12.7. The maximum absolute atomic E-state index is 12.2. The fourth-order valence-corrected chi connectivity index (χ4v) is 9.36. The molecule has 4 fully saturated rings. The van der Waals surface area contributed by atoms with Crippen LogP contribution in [-0.4, -0.2) is 41.3 Å². The van der Waals surface area contributed by atoms with Crippen LogP contribution in [0.25, 0.3) is 0 Å². The largest absolute Gasteiger partial charge is 0.369 e. The summed E-state index contributed by atoms with van der Waals surface area (Å²) in [5.74, 6) is 2.86. The van der Waals surface area contributed by atoms with Crippen molar-refractivity contribution in [3.63, 3.8) is 0 Å². The molecule has 1 N–H and O–H groups in total. The SMILES string of the molecule is CC1=N[C@@]23CCC4=CC(=O)CC[C@]4(C)[C@H]2CC[C@H]3CC[C@@]2(C1)OC1C[C@H](C)CN[C@H]1[C@H]2C. The van der Waals surface area contributed by atoms with Crippen molar-refractivity contribution in [2.24, 2.45) is 34.1 Å². The minimum atomic E-state index is -0.0411. The van der Waals surface area contributed by atoms with Gasteiger partial charge >= 0.3 is 0 Å². The summed E-state index contributed by atoms with van der Waals surface area (Å²) in [6.07, 6.45) is 13.5. The van der Waals surface area contributed by atoms with Gasteiger partial charge in [-0.05, 0) is 94.1 Å². The van der Waals surface area contributed by atoms with Crippen LogP contribution in [-0.2, 0) is 9.53 Å². The van der Waals surface area contributed by atoms with Crippen LogP contribution in [0.15, 0.2) is 16.6 Å². The summed E-state index contributed by atoms with van der Waals surface area (Å²) in [4.78, 5) is 17.9. The lowest BCUT2D eigenvalue weighted by Crippen LogP contribution is -2.53. The van der Waals surface area contributed by atoms with Gasteiger partial charge in [0, 0.05) is 30.5 Å². The van der Waals surface area contributed by atoms with Crippen LogP contribution in [0.1, 0.15) is 91.9 Å². The Morgan fingerprint density at radius 2 is 1.97 bits per heavy atom. The number of allylic oxidation sites excluding steroid dienone is 2. The molecule has 4 nitrogen and oxygen atoms in total. The van der Waals surface area contributed by atoms with Crippen molar-refractivity contribution in [2.45, 2.75) is 115 Å². The quantitative estimate of drug-likeness (QED) is 0.561. The normalized spacial score (nSPS) is 52.8. The monoisotopic (exact) mass is 438 g/mol. The summed E-state index contributed by atoms with van der Waals surface area (Å²) in [7, 11) is 0. The van der Waals surface area contributed by atoms with Crippen LogP contribution < -0.4 is 5.32 Å². The fourth-order valence-electron chi connectivity index (χ4n) is 9.36. The fraction of sp³-hybridized carbons (Fsp3) is 0.857. The smallest absolute Gasteiger partial charge is 0.155 e. The molecule has 176 valence electrons. The average Bonchev–Trinajstić information content (AvgIpc) is 3.22. The van der Waals surface area contributed by atoms with E-state index in [0.717, 1.165) is 38.6 Å². The number of ether oxygens (including phenoxy) is 1. The zero-order chi connectivity index (χ0) is 22.3. The molecule has 2 saturated heterocycles. The summed E-state index contributed by atoms with van der Waals surface area (Å²) in [5.41, 5.74) is 2.99. The van der Waals surface area contributed by atoms with Crippen LogP contribution in [0.5, 0.6) is 0 Å². The molecule has 9 atom stereocenters. The number of hydrogen-bond donors (Lipinski definition) is 1. The molecule has 6 aliphatic rings. The van der Waals surface area contributed by atoms with E-state index in [-0.39, 0.29) is 16.6 Å². The highest BCUT2D eigenvalue weighted by atomic mass is 16.5. The molecule has 4 heteroatoms. The Morgan fingerprint density at radius 3 is 2.81 bits per heavy atom. The molecule has 2 saturated carbocycles. The van der Waals surface area contributed by atoms with Gasteiger partial charge in [0.1, 0.15) is 0 Å². The van der Waals surface area contributed by atoms with Gasteiger partial charge in [0.25, 0.3) is 0 Å². The van der Waals surface area contributed by atoms with Crippen molar-refractivity contribution < 1.29 is 9.53 Å². The number of rotatable bonds is 0. The Balaban J connectivity index is 1.33. The lowest BCUT2D eigenvalue weighted by atomic mass is 9.53. The van der Waals surface area contributed by atoms with E-state index in [1.54, 1.807) is 0 Å². The average molecular weight is 439 g/mol. The van der Waals surface area contributed by atoms with E-state index >= 15 is 0 Å². The predicted octanol–water partition coefficient (Wildman–Crippen LogP) is 5.26. The molecule has 1 unspecified atom stereocenters. The van der Waals surface area contributed by atoms with Crippen molar-refractivity contribution in [1.82, 2.24) is 5.32 Å². The lowest BCUT2D eigenvalue weighted by Gasteiger charge is -2.54. The minimum absolute atomic E-state index is 0.0411. The highest BCUT2D eigenvalue weighted by Crippen LogP contribution is 2.64. The molecule has 0 radical (unpaired) electrons. The topological polar surface area (TPSA) is 50.7 Å². The minimum Gasteiger partial charge on any atom is -0.369 e. The van der Waals surface area contributed by atoms with E-state index in [4.69, 9.17) is 9.73 Å². The summed E-state index contributed by atoms with van der Waals surface area (Å²) >= 11 is 0. The van der Waals surface area contributed by atoms with Gasteiger partial charge in [-0.15, -0.1) is 0 Å².